The van der Waals surface area contributed by atoms with Gasteiger partial charge in [0.25, 0.3) is 0 Å². The second-order valence-electron chi connectivity index (χ2n) is 5.36. The van der Waals surface area contributed by atoms with Crippen LogP contribution >= 0.6 is 27.3 Å². The van der Waals surface area contributed by atoms with Crippen molar-refractivity contribution in [1.82, 2.24) is 10.2 Å². The van der Waals surface area contributed by atoms with Crippen molar-refractivity contribution in [3.63, 3.8) is 0 Å². The molecule has 1 unspecified atom stereocenters. The lowest BCUT2D eigenvalue weighted by Gasteiger charge is -2.17. The molecule has 2 heterocycles. The largest absolute Gasteiger partial charge is 0.379 e. The van der Waals surface area contributed by atoms with Gasteiger partial charge in [0.1, 0.15) is 0 Å². The van der Waals surface area contributed by atoms with Gasteiger partial charge in [-0.05, 0) is 47.3 Å². The summed E-state index contributed by atoms with van der Waals surface area (Å²) in [6.45, 7) is 3.43. The Balaban J connectivity index is 1.51. The number of hydrogen-bond acceptors (Lipinski definition) is 4. The van der Waals surface area contributed by atoms with Gasteiger partial charge in [-0.25, -0.2) is 4.79 Å². The minimum Gasteiger partial charge on any atom is -0.379 e. The number of rotatable bonds is 8. The van der Waals surface area contributed by atoms with Gasteiger partial charge in [0.15, 0.2) is 0 Å². The van der Waals surface area contributed by atoms with Crippen molar-refractivity contribution in [2.75, 3.05) is 33.4 Å². The van der Waals surface area contributed by atoms with E-state index in [1.165, 1.54) is 0 Å². The van der Waals surface area contributed by atoms with Gasteiger partial charge in [-0.15, -0.1) is 11.3 Å². The monoisotopic (exact) mass is 390 g/mol. The summed E-state index contributed by atoms with van der Waals surface area (Å²) >= 11 is 5.07. The molecule has 0 saturated carbocycles. The maximum Gasteiger partial charge on any atom is 0.317 e. The van der Waals surface area contributed by atoms with Gasteiger partial charge in [0, 0.05) is 31.7 Å². The van der Waals surface area contributed by atoms with Crippen molar-refractivity contribution in [3.05, 3.63) is 20.8 Å². The Bertz CT molecular complexity index is 463. The molecular formula is C15H23BrN2O3S. The van der Waals surface area contributed by atoms with Gasteiger partial charge in [0.05, 0.1) is 23.0 Å². The number of carbonyl (C=O) groups excluding carboxylic acids is 1. The highest BCUT2D eigenvalue weighted by molar-refractivity contribution is 9.11. The molecule has 1 saturated heterocycles. The fraction of sp³-hybridized carbons (Fsp3) is 0.667. The van der Waals surface area contributed by atoms with Crippen LogP contribution in [0.4, 0.5) is 4.79 Å². The minimum absolute atomic E-state index is 0.0522. The van der Waals surface area contributed by atoms with Crippen LogP contribution < -0.4 is 5.32 Å². The zero-order valence-corrected chi connectivity index (χ0v) is 15.2. The molecule has 0 bridgehead atoms. The summed E-state index contributed by atoms with van der Waals surface area (Å²) in [6, 6.07) is 3.97. The molecule has 1 atom stereocenters. The van der Waals surface area contributed by atoms with Gasteiger partial charge in [-0.1, -0.05) is 0 Å². The quantitative estimate of drug-likeness (QED) is 0.693. The van der Waals surface area contributed by atoms with Crippen LogP contribution in [0.25, 0.3) is 0 Å². The summed E-state index contributed by atoms with van der Waals surface area (Å²) in [5.74, 6) is 0. The van der Waals surface area contributed by atoms with E-state index >= 15 is 0 Å². The Kier molecular flexibility index (Phi) is 7.65. The van der Waals surface area contributed by atoms with Crippen molar-refractivity contribution < 1.29 is 14.3 Å². The van der Waals surface area contributed by atoms with E-state index in [0.29, 0.717) is 26.3 Å². The Morgan fingerprint density at radius 1 is 1.59 bits per heavy atom. The predicted octanol–water partition coefficient (Wildman–Crippen LogP) is 3.24. The van der Waals surface area contributed by atoms with Gasteiger partial charge in [-0.2, -0.15) is 0 Å². The summed E-state index contributed by atoms with van der Waals surface area (Å²) in [6.07, 6.45) is 3.32. The minimum atomic E-state index is -0.0522. The summed E-state index contributed by atoms with van der Waals surface area (Å²) in [5, 5.41) is 2.91. The summed E-state index contributed by atoms with van der Waals surface area (Å²) in [4.78, 5) is 14.8. The first kappa shape index (κ1) is 17.7. The van der Waals surface area contributed by atoms with Crippen molar-refractivity contribution >= 4 is 33.3 Å². The van der Waals surface area contributed by atoms with Crippen LogP contribution in [0.1, 0.15) is 24.1 Å². The van der Waals surface area contributed by atoms with E-state index in [-0.39, 0.29) is 12.1 Å². The molecule has 2 rings (SSSR count). The molecular weight excluding hydrogens is 368 g/mol. The van der Waals surface area contributed by atoms with Gasteiger partial charge < -0.3 is 19.7 Å². The average Bonchev–Trinajstić information content (AvgIpc) is 3.14. The molecule has 0 spiro atoms. The van der Waals surface area contributed by atoms with E-state index in [1.807, 2.05) is 12.1 Å². The molecule has 22 heavy (non-hydrogen) atoms. The van der Waals surface area contributed by atoms with Crippen LogP contribution in [0.3, 0.4) is 0 Å². The summed E-state index contributed by atoms with van der Waals surface area (Å²) < 4.78 is 12.1. The number of carbonyl (C=O) groups is 1. The lowest BCUT2D eigenvalue weighted by atomic mass is 10.2. The van der Waals surface area contributed by atoms with Gasteiger partial charge in [-0.3, -0.25) is 0 Å². The molecule has 1 N–H and O–H groups in total. The second-order valence-corrected chi connectivity index (χ2v) is 7.90. The maximum atomic E-state index is 11.9. The van der Waals surface area contributed by atoms with E-state index in [1.54, 1.807) is 23.3 Å². The first-order valence-corrected chi connectivity index (χ1v) is 9.18. The number of nitrogens with zero attached hydrogens (tertiary/aromatic N) is 1. The van der Waals surface area contributed by atoms with Crippen LogP contribution in [0.15, 0.2) is 15.9 Å². The molecule has 0 radical (unpaired) electrons. The highest BCUT2D eigenvalue weighted by Gasteiger charge is 2.15. The zero-order chi connectivity index (χ0) is 15.8. The number of nitrogens with one attached hydrogen (secondary N) is 1. The van der Waals surface area contributed by atoms with Gasteiger partial charge in [0.2, 0.25) is 0 Å². The smallest absolute Gasteiger partial charge is 0.317 e. The predicted molar refractivity (Wildman–Crippen MR) is 91.3 cm³/mol. The fourth-order valence-electron chi connectivity index (χ4n) is 2.24. The van der Waals surface area contributed by atoms with Crippen LogP contribution in [-0.4, -0.2) is 50.4 Å². The Morgan fingerprint density at radius 2 is 2.45 bits per heavy atom. The number of amides is 2. The molecule has 1 aliphatic heterocycles. The lowest BCUT2D eigenvalue weighted by Crippen LogP contribution is -2.37. The third kappa shape index (κ3) is 6.24. The van der Waals surface area contributed by atoms with E-state index in [2.05, 4.69) is 21.2 Å². The Morgan fingerprint density at radius 3 is 3.14 bits per heavy atom. The number of ether oxygens (including phenoxy) is 2. The number of hydrogen-bond donors (Lipinski definition) is 1. The number of halogens is 1. The topological polar surface area (TPSA) is 50.8 Å². The molecule has 0 aliphatic carbocycles. The third-order valence-electron chi connectivity index (χ3n) is 3.44. The number of thiophene rings is 1. The van der Waals surface area contributed by atoms with E-state index in [0.717, 1.165) is 34.5 Å². The molecule has 7 heteroatoms. The fourth-order valence-corrected chi connectivity index (χ4v) is 3.77. The van der Waals surface area contributed by atoms with Crippen molar-refractivity contribution in [2.24, 2.45) is 0 Å². The van der Waals surface area contributed by atoms with Crippen LogP contribution in [0.5, 0.6) is 0 Å². The zero-order valence-electron chi connectivity index (χ0n) is 12.8. The first-order chi connectivity index (χ1) is 10.6. The van der Waals surface area contributed by atoms with E-state index in [9.17, 15) is 4.79 Å². The molecule has 1 aromatic heterocycles. The van der Waals surface area contributed by atoms with Crippen LogP contribution in [0, 0.1) is 0 Å². The highest BCUT2D eigenvalue weighted by atomic mass is 79.9. The maximum absolute atomic E-state index is 11.9. The van der Waals surface area contributed by atoms with E-state index in [4.69, 9.17) is 9.47 Å². The van der Waals surface area contributed by atoms with E-state index < -0.39 is 0 Å². The van der Waals surface area contributed by atoms with Crippen LogP contribution in [-0.2, 0) is 16.0 Å². The molecule has 1 aromatic rings. The van der Waals surface area contributed by atoms with Crippen molar-refractivity contribution in [2.45, 2.75) is 31.9 Å². The standard InChI is InChI=1S/C15H23BrN2O3S/c1-18(10-13-5-6-14(16)22-13)15(19)17-7-3-8-20-11-12-4-2-9-21-12/h5-6,12H,2-4,7-11H2,1H3,(H,17,19). The third-order valence-corrected chi connectivity index (χ3v) is 5.05. The highest BCUT2D eigenvalue weighted by Crippen LogP contribution is 2.22. The van der Waals surface area contributed by atoms with Gasteiger partial charge >= 0.3 is 6.03 Å². The Labute approximate surface area is 144 Å². The SMILES string of the molecule is CN(Cc1ccc(Br)s1)C(=O)NCCCOCC1CCCO1. The molecule has 0 aromatic carbocycles. The second kappa shape index (κ2) is 9.50. The molecule has 1 fully saturated rings. The number of urea groups is 1. The molecule has 2 amide bonds. The first-order valence-electron chi connectivity index (χ1n) is 7.57. The molecule has 1 aliphatic rings. The average molecular weight is 391 g/mol. The molecule has 5 nitrogen and oxygen atoms in total. The normalized spacial score (nSPS) is 17.6. The van der Waals surface area contributed by atoms with Crippen molar-refractivity contribution in [1.29, 1.82) is 0 Å². The van der Waals surface area contributed by atoms with Crippen LogP contribution in [0.2, 0.25) is 0 Å². The lowest BCUT2D eigenvalue weighted by molar-refractivity contribution is 0.0167. The van der Waals surface area contributed by atoms with Crippen molar-refractivity contribution in [3.8, 4) is 0 Å². The summed E-state index contributed by atoms with van der Waals surface area (Å²) in [5.41, 5.74) is 0. The summed E-state index contributed by atoms with van der Waals surface area (Å²) in [7, 11) is 1.80. The Hall–Kier alpha value is -0.630. The molecule has 124 valence electrons.